The zero-order chi connectivity index (χ0) is 17.6. The van der Waals surface area contributed by atoms with Crippen LogP contribution in [0.15, 0.2) is 12.7 Å². The highest BCUT2D eigenvalue weighted by molar-refractivity contribution is 5.56. The largest absolute Gasteiger partial charge is 0.353 e. The van der Waals surface area contributed by atoms with E-state index in [1.807, 2.05) is 18.4 Å². The van der Waals surface area contributed by atoms with Gasteiger partial charge in [-0.15, -0.1) is 0 Å². The Bertz CT molecular complexity index is 924. The molecule has 1 saturated heterocycles. The van der Waals surface area contributed by atoms with E-state index < -0.39 is 0 Å². The Balaban J connectivity index is 1.62. The Hall–Kier alpha value is -2.77. The van der Waals surface area contributed by atoms with Crippen LogP contribution in [-0.2, 0) is 0 Å². The van der Waals surface area contributed by atoms with E-state index in [0.29, 0.717) is 5.78 Å². The van der Waals surface area contributed by atoms with Gasteiger partial charge in [-0.25, -0.2) is 15.0 Å². The molecule has 0 atom stereocenters. The van der Waals surface area contributed by atoms with Crippen LogP contribution in [0.4, 0.5) is 11.6 Å². The molecule has 130 valence electrons. The third-order valence-corrected chi connectivity index (χ3v) is 5.06. The summed E-state index contributed by atoms with van der Waals surface area (Å²) in [7, 11) is 0. The summed E-state index contributed by atoms with van der Waals surface area (Å²) >= 11 is 0. The van der Waals surface area contributed by atoms with E-state index in [1.165, 1.54) is 0 Å². The third-order valence-electron chi connectivity index (χ3n) is 5.06. The molecular weight excluding hydrogens is 316 g/mol. The zero-order valence-electron chi connectivity index (χ0n) is 15.1. The van der Waals surface area contributed by atoms with Crippen molar-refractivity contribution < 1.29 is 0 Å². The lowest BCUT2D eigenvalue weighted by molar-refractivity contribution is 0.628. The van der Waals surface area contributed by atoms with Crippen LogP contribution in [0.2, 0.25) is 0 Å². The van der Waals surface area contributed by atoms with E-state index in [2.05, 4.69) is 48.7 Å². The molecule has 4 rings (SSSR count). The van der Waals surface area contributed by atoms with Crippen molar-refractivity contribution in [1.29, 1.82) is 0 Å². The Morgan fingerprint density at radius 3 is 2.24 bits per heavy atom. The van der Waals surface area contributed by atoms with Gasteiger partial charge in [0.25, 0.3) is 5.78 Å². The maximum Gasteiger partial charge on any atom is 0.254 e. The van der Waals surface area contributed by atoms with Gasteiger partial charge in [-0.2, -0.15) is 14.6 Å². The smallest absolute Gasteiger partial charge is 0.254 e. The molecule has 3 aromatic rings. The van der Waals surface area contributed by atoms with Crippen LogP contribution in [0.5, 0.6) is 0 Å². The van der Waals surface area contributed by atoms with Crippen molar-refractivity contribution in [2.45, 2.75) is 27.7 Å². The van der Waals surface area contributed by atoms with Crippen LogP contribution in [0.25, 0.3) is 5.78 Å². The lowest BCUT2D eigenvalue weighted by atomic mass is 10.2. The average Bonchev–Trinajstić information content (AvgIpc) is 3.06. The summed E-state index contributed by atoms with van der Waals surface area (Å²) < 4.78 is 1.85. The summed E-state index contributed by atoms with van der Waals surface area (Å²) in [6, 6.07) is 0. The SMILES string of the molecule is Cc1ncnc(N2CCN(c3c(C)c(C)nc4ncnn34)CC2)c1C. The molecule has 0 amide bonds. The Labute approximate surface area is 146 Å². The van der Waals surface area contributed by atoms with Crippen LogP contribution in [0, 0.1) is 27.7 Å². The number of rotatable bonds is 2. The van der Waals surface area contributed by atoms with Gasteiger partial charge >= 0.3 is 0 Å². The number of aryl methyl sites for hydroxylation is 2. The van der Waals surface area contributed by atoms with Crippen molar-refractivity contribution in [1.82, 2.24) is 29.5 Å². The van der Waals surface area contributed by atoms with Gasteiger partial charge in [0.1, 0.15) is 24.3 Å². The monoisotopic (exact) mass is 338 g/mol. The van der Waals surface area contributed by atoms with Gasteiger partial charge in [-0.05, 0) is 27.7 Å². The lowest BCUT2D eigenvalue weighted by Crippen LogP contribution is -2.48. The van der Waals surface area contributed by atoms with Crippen molar-refractivity contribution >= 4 is 17.4 Å². The second kappa shape index (κ2) is 5.94. The number of fused-ring (bicyclic) bond motifs is 1. The van der Waals surface area contributed by atoms with Crippen LogP contribution < -0.4 is 9.80 Å². The molecule has 0 N–H and O–H groups in total. The molecule has 25 heavy (non-hydrogen) atoms. The molecule has 0 aromatic carbocycles. The molecule has 8 nitrogen and oxygen atoms in total. The predicted molar refractivity (Wildman–Crippen MR) is 96.2 cm³/mol. The summed E-state index contributed by atoms with van der Waals surface area (Å²) in [5.74, 6) is 2.79. The van der Waals surface area contributed by atoms with E-state index in [1.54, 1.807) is 12.7 Å². The van der Waals surface area contributed by atoms with Crippen molar-refractivity contribution in [2.75, 3.05) is 36.0 Å². The molecule has 1 fully saturated rings. The van der Waals surface area contributed by atoms with Crippen molar-refractivity contribution in [3.8, 4) is 0 Å². The second-order valence-electron chi connectivity index (χ2n) is 6.50. The van der Waals surface area contributed by atoms with E-state index in [-0.39, 0.29) is 0 Å². The molecule has 1 aliphatic rings. The molecule has 0 radical (unpaired) electrons. The Morgan fingerprint density at radius 2 is 1.48 bits per heavy atom. The molecule has 0 unspecified atom stereocenters. The van der Waals surface area contributed by atoms with E-state index >= 15 is 0 Å². The van der Waals surface area contributed by atoms with Crippen molar-refractivity contribution in [3.63, 3.8) is 0 Å². The lowest BCUT2D eigenvalue weighted by Gasteiger charge is -2.37. The van der Waals surface area contributed by atoms with Gasteiger partial charge in [0.15, 0.2) is 0 Å². The molecule has 0 spiro atoms. The Morgan fingerprint density at radius 1 is 0.760 bits per heavy atom. The molecule has 8 heteroatoms. The summed E-state index contributed by atoms with van der Waals surface area (Å²) in [6.45, 7) is 11.9. The zero-order valence-corrected chi connectivity index (χ0v) is 15.1. The minimum atomic E-state index is 0.655. The molecule has 4 heterocycles. The first-order valence-electron chi connectivity index (χ1n) is 8.51. The first kappa shape index (κ1) is 15.7. The van der Waals surface area contributed by atoms with Gasteiger partial charge in [0.2, 0.25) is 0 Å². The number of hydrogen-bond donors (Lipinski definition) is 0. The standard InChI is InChI=1S/C17H22N8/c1-11-13(3)18-9-19-15(11)23-5-7-24(8-6-23)16-12(2)14(4)22-17-20-10-21-25(16)17/h9-10H,5-8H2,1-4H3. The number of nitrogens with zero attached hydrogens (tertiary/aromatic N) is 8. The topological polar surface area (TPSA) is 75.3 Å². The Kier molecular flexibility index (Phi) is 3.74. The van der Waals surface area contributed by atoms with Gasteiger partial charge in [-0.3, -0.25) is 0 Å². The molecule has 0 bridgehead atoms. The summed E-state index contributed by atoms with van der Waals surface area (Å²) in [6.07, 6.45) is 3.22. The van der Waals surface area contributed by atoms with E-state index in [9.17, 15) is 0 Å². The number of aromatic nitrogens is 6. The number of anilines is 2. The minimum Gasteiger partial charge on any atom is -0.353 e. The fraction of sp³-hybridized carbons (Fsp3) is 0.471. The molecule has 0 saturated carbocycles. The van der Waals surface area contributed by atoms with Gasteiger partial charge in [0, 0.05) is 48.7 Å². The molecular formula is C17H22N8. The highest BCUT2D eigenvalue weighted by atomic mass is 15.4. The van der Waals surface area contributed by atoms with E-state index in [0.717, 1.165) is 60.3 Å². The summed E-state index contributed by atoms with van der Waals surface area (Å²) in [5, 5.41) is 4.37. The molecule has 3 aromatic heterocycles. The maximum absolute atomic E-state index is 4.51. The third kappa shape index (κ3) is 2.57. The fourth-order valence-electron chi connectivity index (χ4n) is 3.36. The number of hydrogen-bond acceptors (Lipinski definition) is 7. The highest BCUT2D eigenvalue weighted by Crippen LogP contribution is 2.25. The first-order valence-corrected chi connectivity index (χ1v) is 8.51. The van der Waals surface area contributed by atoms with Crippen LogP contribution >= 0.6 is 0 Å². The summed E-state index contributed by atoms with van der Waals surface area (Å²) in [4.78, 5) is 22.2. The number of piperazine rings is 1. The first-order chi connectivity index (χ1) is 12.1. The van der Waals surface area contributed by atoms with E-state index in [4.69, 9.17) is 0 Å². The second-order valence-corrected chi connectivity index (χ2v) is 6.50. The fourth-order valence-corrected chi connectivity index (χ4v) is 3.36. The van der Waals surface area contributed by atoms with Gasteiger partial charge < -0.3 is 9.80 Å². The summed E-state index contributed by atoms with van der Waals surface area (Å²) in [5.41, 5.74) is 4.35. The predicted octanol–water partition coefficient (Wildman–Crippen LogP) is 1.47. The van der Waals surface area contributed by atoms with Gasteiger partial charge in [-0.1, -0.05) is 0 Å². The quantitative estimate of drug-likeness (QED) is 0.700. The average molecular weight is 338 g/mol. The van der Waals surface area contributed by atoms with Gasteiger partial charge in [0.05, 0.1) is 0 Å². The van der Waals surface area contributed by atoms with Crippen LogP contribution in [-0.4, -0.2) is 55.7 Å². The van der Waals surface area contributed by atoms with Crippen LogP contribution in [0.3, 0.4) is 0 Å². The minimum absolute atomic E-state index is 0.655. The maximum atomic E-state index is 4.51. The van der Waals surface area contributed by atoms with Crippen LogP contribution in [0.1, 0.15) is 22.5 Å². The normalized spacial score (nSPS) is 15.2. The van der Waals surface area contributed by atoms with Crippen molar-refractivity contribution in [2.24, 2.45) is 0 Å². The highest BCUT2D eigenvalue weighted by Gasteiger charge is 2.24. The molecule has 1 aliphatic heterocycles. The van der Waals surface area contributed by atoms with Crippen molar-refractivity contribution in [3.05, 3.63) is 35.2 Å². The molecule has 0 aliphatic carbocycles.